The van der Waals surface area contributed by atoms with Gasteiger partial charge in [-0.2, -0.15) is 0 Å². The Morgan fingerprint density at radius 2 is 1.50 bits per heavy atom. The van der Waals surface area contributed by atoms with E-state index in [2.05, 4.69) is 25.9 Å². The van der Waals surface area contributed by atoms with Gasteiger partial charge in [-0.15, -0.1) is 0 Å². The van der Waals surface area contributed by atoms with Crippen LogP contribution >= 0.6 is 0 Å². The molecule has 8 unspecified atom stereocenters. The summed E-state index contributed by atoms with van der Waals surface area (Å²) in [5.41, 5.74) is 1.55. The van der Waals surface area contributed by atoms with Gasteiger partial charge in [-0.05, 0) is 113 Å². The van der Waals surface area contributed by atoms with Gasteiger partial charge >= 0.3 is 0 Å². The zero-order valence-corrected chi connectivity index (χ0v) is 14.7. The van der Waals surface area contributed by atoms with Crippen molar-refractivity contribution in [3.63, 3.8) is 0 Å². The molecule has 0 bridgehead atoms. The number of rotatable bonds is 2. The van der Waals surface area contributed by atoms with E-state index < -0.39 is 0 Å². The van der Waals surface area contributed by atoms with Crippen molar-refractivity contribution in [1.82, 2.24) is 5.32 Å². The maximum atomic E-state index is 4.29. The molecule has 22 heavy (non-hydrogen) atoms. The van der Waals surface area contributed by atoms with Crippen LogP contribution in [0.2, 0.25) is 0 Å². The lowest BCUT2D eigenvalue weighted by molar-refractivity contribution is -0.0195. The summed E-state index contributed by atoms with van der Waals surface area (Å²) in [6.45, 7) is 6.71. The molecule has 1 N–H and O–H groups in total. The van der Waals surface area contributed by atoms with Crippen LogP contribution in [0.5, 0.6) is 0 Å². The van der Waals surface area contributed by atoms with Gasteiger partial charge in [0.1, 0.15) is 0 Å². The SMILES string of the molecule is C=C1CCC2C(CCC3C2CCC2C(C(C)NC)CCC23)C1. The summed E-state index contributed by atoms with van der Waals surface area (Å²) < 4.78 is 0. The fourth-order valence-corrected chi connectivity index (χ4v) is 7.32. The van der Waals surface area contributed by atoms with Crippen molar-refractivity contribution in [2.45, 2.75) is 70.8 Å². The lowest BCUT2D eigenvalue weighted by atomic mass is 9.53. The predicted molar refractivity (Wildman–Crippen MR) is 93.6 cm³/mol. The fourth-order valence-electron chi connectivity index (χ4n) is 7.32. The summed E-state index contributed by atoms with van der Waals surface area (Å²) in [6.07, 6.45) is 13.3. The highest BCUT2D eigenvalue weighted by Crippen LogP contribution is 2.59. The third kappa shape index (κ3) is 2.39. The minimum atomic E-state index is 0.723. The Labute approximate surface area is 137 Å². The molecule has 0 saturated heterocycles. The van der Waals surface area contributed by atoms with Crippen molar-refractivity contribution in [3.8, 4) is 0 Å². The average molecular weight is 302 g/mol. The smallest absolute Gasteiger partial charge is 0.00667 e. The molecule has 0 amide bonds. The first-order valence-corrected chi connectivity index (χ1v) is 10.0. The Kier molecular flexibility index (Phi) is 4.13. The van der Waals surface area contributed by atoms with Gasteiger partial charge in [-0.25, -0.2) is 0 Å². The van der Waals surface area contributed by atoms with E-state index >= 15 is 0 Å². The van der Waals surface area contributed by atoms with E-state index in [0.29, 0.717) is 0 Å². The predicted octanol–water partition coefficient (Wildman–Crippen LogP) is 5.03. The molecule has 124 valence electrons. The largest absolute Gasteiger partial charge is 0.317 e. The summed E-state index contributed by atoms with van der Waals surface area (Å²) in [6, 6.07) is 0.723. The van der Waals surface area contributed by atoms with Crippen LogP contribution in [-0.4, -0.2) is 13.1 Å². The summed E-state index contributed by atoms with van der Waals surface area (Å²) >= 11 is 0. The maximum absolute atomic E-state index is 4.29. The maximum Gasteiger partial charge on any atom is 0.00667 e. The molecule has 0 aliphatic heterocycles. The van der Waals surface area contributed by atoms with Crippen LogP contribution < -0.4 is 5.32 Å². The first-order chi connectivity index (χ1) is 10.7. The number of nitrogens with one attached hydrogen (secondary N) is 1. The minimum Gasteiger partial charge on any atom is -0.317 e. The molecule has 0 spiro atoms. The third-order valence-corrected chi connectivity index (χ3v) is 8.37. The van der Waals surface area contributed by atoms with Gasteiger partial charge in [0.25, 0.3) is 0 Å². The third-order valence-electron chi connectivity index (χ3n) is 8.37. The van der Waals surface area contributed by atoms with Crippen molar-refractivity contribution in [2.75, 3.05) is 7.05 Å². The van der Waals surface area contributed by atoms with Crippen LogP contribution in [0.15, 0.2) is 12.2 Å². The lowest BCUT2D eigenvalue weighted by Crippen LogP contribution is -2.45. The van der Waals surface area contributed by atoms with Crippen LogP contribution in [0.1, 0.15) is 64.7 Å². The lowest BCUT2D eigenvalue weighted by Gasteiger charge is -2.52. The Bertz CT molecular complexity index is 428. The van der Waals surface area contributed by atoms with Crippen LogP contribution in [0, 0.1) is 41.4 Å². The minimum absolute atomic E-state index is 0.723. The molecule has 0 aromatic rings. The first kappa shape index (κ1) is 15.2. The van der Waals surface area contributed by atoms with Crippen LogP contribution in [-0.2, 0) is 0 Å². The van der Waals surface area contributed by atoms with Gasteiger partial charge in [-0.1, -0.05) is 12.2 Å². The monoisotopic (exact) mass is 301 g/mol. The molecular formula is C21H35N. The number of hydrogen-bond donors (Lipinski definition) is 1. The van der Waals surface area contributed by atoms with E-state index in [0.717, 1.165) is 47.5 Å². The van der Waals surface area contributed by atoms with E-state index in [4.69, 9.17) is 0 Å². The van der Waals surface area contributed by atoms with Gasteiger partial charge in [-0.3, -0.25) is 0 Å². The summed E-state index contributed by atoms with van der Waals surface area (Å²) in [7, 11) is 2.16. The first-order valence-electron chi connectivity index (χ1n) is 10.0. The Morgan fingerprint density at radius 3 is 2.32 bits per heavy atom. The molecule has 4 fully saturated rings. The fraction of sp³-hybridized carbons (Fsp3) is 0.905. The Balaban J connectivity index is 1.49. The Hall–Kier alpha value is -0.300. The van der Waals surface area contributed by atoms with Crippen LogP contribution in [0.4, 0.5) is 0 Å². The molecule has 8 atom stereocenters. The molecule has 1 nitrogen and oxygen atoms in total. The van der Waals surface area contributed by atoms with Gasteiger partial charge in [0.05, 0.1) is 0 Å². The second-order valence-corrected chi connectivity index (χ2v) is 9.05. The summed E-state index contributed by atoms with van der Waals surface area (Å²) in [5, 5.41) is 3.55. The molecule has 4 saturated carbocycles. The van der Waals surface area contributed by atoms with E-state index in [1.54, 1.807) is 18.4 Å². The van der Waals surface area contributed by atoms with Crippen LogP contribution in [0.3, 0.4) is 0 Å². The highest BCUT2D eigenvalue weighted by molar-refractivity contribution is 5.07. The molecule has 1 heteroatoms. The van der Waals surface area contributed by atoms with E-state index in [9.17, 15) is 0 Å². The zero-order chi connectivity index (χ0) is 15.3. The van der Waals surface area contributed by atoms with Gasteiger partial charge in [0, 0.05) is 6.04 Å². The van der Waals surface area contributed by atoms with E-state index in [1.807, 2.05) is 0 Å². The number of hydrogen-bond acceptors (Lipinski definition) is 1. The second kappa shape index (κ2) is 5.96. The second-order valence-electron chi connectivity index (χ2n) is 9.05. The molecule has 0 aromatic carbocycles. The topological polar surface area (TPSA) is 12.0 Å². The quantitative estimate of drug-likeness (QED) is 0.705. The van der Waals surface area contributed by atoms with Gasteiger partial charge < -0.3 is 5.32 Å². The van der Waals surface area contributed by atoms with Gasteiger partial charge in [0.2, 0.25) is 0 Å². The average Bonchev–Trinajstić information content (AvgIpc) is 2.97. The van der Waals surface area contributed by atoms with E-state index in [1.165, 1.54) is 44.9 Å². The van der Waals surface area contributed by atoms with Crippen LogP contribution in [0.25, 0.3) is 0 Å². The highest BCUT2D eigenvalue weighted by atomic mass is 14.9. The summed E-state index contributed by atoms with van der Waals surface area (Å²) in [4.78, 5) is 0. The van der Waals surface area contributed by atoms with Crippen molar-refractivity contribution in [1.29, 1.82) is 0 Å². The van der Waals surface area contributed by atoms with Crippen molar-refractivity contribution in [3.05, 3.63) is 12.2 Å². The zero-order valence-electron chi connectivity index (χ0n) is 14.7. The Morgan fingerprint density at radius 1 is 0.864 bits per heavy atom. The van der Waals surface area contributed by atoms with E-state index in [-0.39, 0.29) is 0 Å². The molecule has 0 radical (unpaired) electrons. The van der Waals surface area contributed by atoms with Crippen molar-refractivity contribution < 1.29 is 0 Å². The standard InChI is InChI=1S/C21H35N/c1-13-4-6-17-15(12-13)5-7-20-19(17)11-10-18-16(14(2)22-3)8-9-21(18)20/h14-22H,1,4-12H2,2-3H3. The molecule has 4 aliphatic rings. The normalized spacial score (nSPS) is 49.2. The highest BCUT2D eigenvalue weighted by Gasteiger charge is 2.51. The van der Waals surface area contributed by atoms with Crippen molar-refractivity contribution in [2.24, 2.45) is 41.4 Å². The number of fused-ring (bicyclic) bond motifs is 5. The molecule has 4 aliphatic carbocycles. The molecule has 0 heterocycles. The summed E-state index contributed by atoms with van der Waals surface area (Å²) in [5.74, 6) is 7.31. The number of allylic oxidation sites excluding steroid dienone is 1. The van der Waals surface area contributed by atoms with Gasteiger partial charge in [0.15, 0.2) is 0 Å². The molecule has 0 aromatic heterocycles. The molecular weight excluding hydrogens is 266 g/mol. The molecule has 4 rings (SSSR count). The van der Waals surface area contributed by atoms with Crippen molar-refractivity contribution >= 4 is 0 Å².